The van der Waals surface area contributed by atoms with Gasteiger partial charge >= 0.3 is 0 Å². The van der Waals surface area contributed by atoms with Gasteiger partial charge in [-0.15, -0.1) is 21.5 Å². The summed E-state index contributed by atoms with van der Waals surface area (Å²) in [6.07, 6.45) is 0. The molecule has 0 radical (unpaired) electrons. The third-order valence-corrected chi connectivity index (χ3v) is 6.73. The zero-order chi connectivity index (χ0) is 21.1. The SMILES string of the molecule is CCn1c(SCC(=O)Nc2nc(-c3ccc(Br)cc3)cs2)nnc1-c1ccc(Br)o1. The van der Waals surface area contributed by atoms with Crippen LogP contribution in [0, 0.1) is 0 Å². The van der Waals surface area contributed by atoms with Crippen molar-refractivity contribution in [1.29, 1.82) is 0 Å². The summed E-state index contributed by atoms with van der Waals surface area (Å²) in [6.45, 7) is 2.65. The molecule has 0 aliphatic carbocycles. The summed E-state index contributed by atoms with van der Waals surface area (Å²) in [5.74, 6) is 1.30. The Kier molecular flexibility index (Phi) is 6.71. The van der Waals surface area contributed by atoms with E-state index in [0.717, 1.165) is 15.7 Å². The Labute approximate surface area is 197 Å². The highest BCUT2D eigenvalue weighted by atomic mass is 79.9. The number of furan rings is 1. The molecule has 4 rings (SSSR count). The highest BCUT2D eigenvalue weighted by molar-refractivity contribution is 9.10. The lowest BCUT2D eigenvalue weighted by molar-refractivity contribution is -0.113. The summed E-state index contributed by atoms with van der Waals surface area (Å²) in [6, 6.07) is 11.5. The lowest BCUT2D eigenvalue weighted by Gasteiger charge is -2.05. The fraction of sp³-hybridized carbons (Fsp3) is 0.158. The number of rotatable bonds is 7. The van der Waals surface area contributed by atoms with Gasteiger partial charge in [0.05, 0.1) is 11.4 Å². The van der Waals surface area contributed by atoms with E-state index < -0.39 is 0 Å². The average molecular weight is 569 g/mol. The number of anilines is 1. The fourth-order valence-corrected chi connectivity index (χ4v) is 4.78. The molecule has 0 fully saturated rings. The van der Waals surface area contributed by atoms with Crippen LogP contribution in [0.1, 0.15) is 6.92 Å². The highest BCUT2D eigenvalue weighted by Gasteiger charge is 2.17. The van der Waals surface area contributed by atoms with Gasteiger partial charge in [0, 0.05) is 22.0 Å². The minimum absolute atomic E-state index is 0.148. The van der Waals surface area contributed by atoms with Crippen molar-refractivity contribution in [1.82, 2.24) is 19.7 Å². The second-order valence-electron chi connectivity index (χ2n) is 6.04. The molecule has 3 aromatic heterocycles. The van der Waals surface area contributed by atoms with Gasteiger partial charge in [-0.1, -0.05) is 39.8 Å². The van der Waals surface area contributed by atoms with Crippen LogP contribution < -0.4 is 5.32 Å². The van der Waals surface area contributed by atoms with Crippen LogP contribution in [-0.2, 0) is 11.3 Å². The van der Waals surface area contributed by atoms with Crippen LogP contribution in [0.25, 0.3) is 22.8 Å². The minimum Gasteiger partial charge on any atom is -0.446 e. The molecule has 3 heterocycles. The minimum atomic E-state index is -0.148. The van der Waals surface area contributed by atoms with Crippen LogP contribution in [0.5, 0.6) is 0 Å². The first-order chi connectivity index (χ1) is 14.5. The highest BCUT2D eigenvalue weighted by Crippen LogP contribution is 2.28. The standard InChI is InChI=1S/C19H15Br2N5O2S2/c1-2-26-17(14-7-8-15(21)28-14)24-25-19(26)30-10-16(27)23-18-22-13(9-29-18)11-3-5-12(20)6-4-11/h3-9H,2,10H2,1H3,(H,22,23,27). The van der Waals surface area contributed by atoms with Crippen LogP contribution in [0.2, 0.25) is 0 Å². The summed E-state index contributed by atoms with van der Waals surface area (Å²) in [5.41, 5.74) is 1.83. The molecule has 0 bridgehead atoms. The molecule has 7 nitrogen and oxygen atoms in total. The quantitative estimate of drug-likeness (QED) is 0.278. The predicted octanol–water partition coefficient (Wildman–Crippen LogP) is 5.94. The number of amides is 1. The number of aromatic nitrogens is 4. The van der Waals surface area contributed by atoms with Crippen molar-refractivity contribution in [2.45, 2.75) is 18.6 Å². The molecule has 30 heavy (non-hydrogen) atoms. The molecule has 0 spiro atoms. The summed E-state index contributed by atoms with van der Waals surface area (Å²) in [5, 5.41) is 14.4. The lowest BCUT2D eigenvalue weighted by Crippen LogP contribution is -2.14. The number of benzene rings is 1. The molecule has 154 valence electrons. The zero-order valence-electron chi connectivity index (χ0n) is 15.6. The fourth-order valence-electron chi connectivity index (χ4n) is 2.67. The van der Waals surface area contributed by atoms with Gasteiger partial charge in [0.2, 0.25) is 11.7 Å². The first-order valence-corrected chi connectivity index (χ1v) is 12.3. The molecule has 11 heteroatoms. The Morgan fingerprint density at radius 2 is 2.00 bits per heavy atom. The van der Waals surface area contributed by atoms with Gasteiger partial charge < -0.3 is 9.73 Å². The molecular formula is C19H15Br2N5O2S2. The first-order valence-electron chi connectivity index (χ1n) is 8.86. The molecule has 4 aromatic rings. The summed E-state index contributed by atoms with van der Waals surface area (Å²) in [7, 11) is 0. The van der Waals surface area contributed by atoms with Gasteiger partial charge in [-0.2, -0.15) is 0 Å². The van der Waals surface area contributed by atoms with Crippen LogP contribution in [0.3, 0.4) is 0 Å². The topological polar surface area (TPSA) is 85.8 Å². The molecule has 0 saturated heterocycles. The molecule has 1 amide bonds. The predicted molar refractivity (Wildman–Crippen MR) is 126 cm³/mol. The number of carbonyl (C=O) groups is 1. The van der Waals surface area contributed by atoms with Crippen molar-refractivity contribution in [3.63, 3.8) is 0 Å². The maximum absolute atomic E-state index is 12.4. The van der Waals surface area contributed by atoms with Crippen molar-refractivity contribution < 1.29 is 9.21 Å². The average Bonchev–Trinajstić information content (AvgIpc) is 3.46. The van der Waals surface area contributed by atoms with E-state index in [-0.39, 0.29) is 11.7 Å². The van der Waals surface area contributed by atoms with Gasteiger partial charge in [-0.3, -0.25) is 9.36 Å². The smallest absolute Gasteiger partial charge is 0.236 e. The van der Waals surface area contributed by atoms with E-state index >= 15 is 0 Å². The van der Waals surface area contributed by atoms with Gasteiger partial charge in [0.1, 0.15) is 0 Å². The summed E-state index contributed by atoms with van der Waals surface area (Å²) in [4.78, 5) is 16.9. The second kappa shape index (κ2) is 9.46. The molecule has 0 saturated carbocycles. The maximum Gasteiger partial charge on any atom is 0.236 e. The Hall–Kier alpha value is -1.95. The van der Waals surface area contributed by atoms with Gasteiger partial charge in [-0.25, -0.2) is 4.98 Å². The van der Waals surface area contributed by atoms with E-state index in [9.17, 15) is 4.79 Å². The zero-order valence-corrected chi connectivity index (χ0v) is 20.4. The lowest BCUT2D eigenvalue weighted by atomic mass is 10.2. The number of thioether (sulfide) groups is 1. The van der Waals surface area contributed by atoms with E-state index in [2.05, 4.69) is 52.4 Å². The number of nitrogens with zero attached hydrogens (tertiary/aromatic N) is 4. The number of thiazole rings is 1. The van der Waals surface area contributed by atoms with E-state index in [4.69, 9.17) is 4.42 Å². The van der Waals surface area contributed by atoms with Crippen molar-refractivity contribution in [2.24, 2.45) is 0 Å². The number of hydrogen-bond acceptors (Lipinski definition) is 7. The van der Waals surface area contributed by atoms with E-state index in [0.29, 0.717) is 33.1 Å². The van der Waals surface area contributed by atoms with Gasteiger partial charge in [-0.05, 0) is 47.1 Å². The van der Waals surface area contributed by atoms with Gasteiger partial charge in [0.25, 0.3) is 0 Å². The Morgan fingerprint density at radius 1 is 1.20 bits per heavy atom. The number of nitrogens with one attached hydrogen (secondary N) is 1. The normalized spacial score (nSPS) is 11.0. The van der Waals surface area contributed by atoms with Crippen LogP contribution >= 0.6 is 55.0 Å². The Balaban J connectivity index is 1.39. The molecule has 0 aliphatic heterocycles. The molecule has 0 atom stereocenters. The second-order valence-corrected chi connectivity index (χ2v) is 9.53. The van der Waals surface area contributed by atoms with E-state index in [1.807, 2.05) is 47.2 Å². The van der Waals surface area contributed by atoms with Crippen LogP contribution in [0.15, 0.2) is 60.5 Å². The monoisotopic (exact) mass is 567 g/mol. The van der Waals surface area contributed by atoms with Crippen molar-refractivity contribution in [3.05, 3.63) is 50.9 Å². The van der Waals surface area contributed by atoms with Crippen LogP contribution in [-0.4, -0.2) is 31.4 Å². The summed E-state index contributed by atoms with van der Waals surface area (Å²) < 4.78 is 9.12. The largest absolute Gasteiger partial charge is 0.446 e. The van der Waals surface area contributed by atoms with Crippen molar-refractivity contribution in [2.75, 3.05) is 11.1 Å². The Bertz CT molecular complexity index is 1170. The van der Waals surface area contributed by atoms with E-state index in [1.165, 1.54) is 23.1 Å². The number of carbonyl (C=O) groups excluding carboxylic acids is 1. The third-order valence-electron chi connectivity index (χ3n) is 4.05. The third kappa shape index (κ3) is 4.85. The van der Waals surface area contributed by atoms with Gasteiger partial charge in [0.15, 0.2) is 20.7 Å². The maximum atomic E-state index is 12.4. The first kappa shape index (κ1) is 21.3. The molecule has 1 N–H and O–H groups in total. The van der Waals surface area contributed by atoms with Crippen molar-refractivity contribution >= 4 is 66.0 Å². The summed E-state index contributed by atoms with van der Waals surface area (Å²) >= 11 is 9.43. The van der Waals surface area contributed by atoms with E-state index in [1.54, 1.807) is 6.07 Å². The molecule has 0 unspecified atom stereocenters. The van der Waals surface area contributed by atoms with Crippen LogP contribution in [0.4, 0.5) is 5.13 Å². The number of hydrogen-bond donors (Lipinski definition) is 1. The Morgan fingerprint density at radius 3 is 2.70 bits per heavy atom. The molecule has 0 aliphatic rings. The molecule has 1 aromatic carbocycles. The molecular weight excluding hydrogens is 554 g/mol. The number of halogens is 2. The van der Waals surface area contributed by atoms with Crippen molar-refractivity contribution in [3.8, 4) is 22.8 Å².